The summed E-state index contributed by atoms with van der Waals surface area (Å²) in [5.41, 5.74) is 0. The lowest BCUT2D eigenvalue weighted by Gasteiger charge is -2.04. The standard InChI is InChI=1S/C18H36/c1-5-6-13-17-16(4)18(17)14-11-9-7-8-10-12-15(2)3/h15-18H,5-14H2,1-4H3. The molecule has 0 spiro atoms. The molecule has 0 aromatic heterocycles. The second-order valence-corrected chi connectivity index (χ2v) is 7.07. The minimum atomic E-state index is 0.900. The summed E-state index contributed by atoms with van der Waals surface area (Å²) in [5, 5.41) is 0. The van der Waals surface area contributed by atoms with Gasteiger partial charge >= 0.3 is 0 Å². The molecule has 1 aliphatic rings. The Morgan fingerprint density at radius 2 is 1.33 bits per heavy atom. The monoisotopic (exact) mass is 252 g/mol. The van der Waals surface area contributed by atoms with Crippen LogP contribution in [-0.2, 0) is 0 Å². The van der Waals surface area contributed by atoms with Crippen molar-refractivity contribution >= 4 is 0 Å². The Morgan fingerprint density at radius 3 is 1.94 bits per heavy atom. The molecule has 3 atom stereocenters. The van der Waals surface area contributed by atoms with Gasteiger partial charge in [0, 0.05) is 0 Å². The Morgan fingerprint density at radius 1 is 0.778 bits per heavy atom. The Balaban J connectivity index is 1.87. The van der Waals surface area contributed by atoms with Crippen LogP contribution in [0.1, 0.15) is 91.9 Å². The van der Waals surface area contributed by atoms with Crippen molar-refractivity contribution in [3.8, 4) is 0 Å². The van der Waals surface area contributed by atoms with Gasteiger partial charge in [-0.1, -0.05) is 79.1 Å². The topological polar surface area (TPSA) is 0 Å². The highest BCUT2D eigenvalue weighted by molar-refractivity contribution is 4.93. The van der Waals surface area contributed by atoms with Crippen LogP contribution in [0.2, 0.25) is 0 Å². The van der Waals surface area contributed by atoms with E-state index in [0.717, 1.165) is 23.7 Å². The SMILES string of the molecule is CCCCC1C(C)C1CCCCCCCC(C)C. The first-order valence-electron chi connectivity index (χ1n) is 8.66. The van der Waals surface area contributed by atoms with Crippen LogP contribution in [0.25, 0.3) is 0 Å². The molecule has 0 bridgehead atoms. The molecule has 0 heteroatoms. The van der Waals surface area contributed by atoms with Crippen molar-refractivity contribution in [3.63, 3.8) is 0 Å². The van der Waals surface area contributed by atoms with E-state index < -0.39 is 0 Å². The molecule has 0 aromatic carbocycles. The maximum Gasteiger partial charge on any atom is -0.0355 e. The second-order valence-electron chi connectivity index (χ2n) is 7.07. The van der Waals surface area contributed by atoms with E-state index in [0.29, 0.717) is 0 Å². The molecule has 3 unspecified atom stereocenters. The van der Waals surface area contributed by atoms with Crippen LogP contribution in [0.5, 0.6) is 0 Å². The number of hydrogen-bond donors (Lipinski definition) is 0. The normalized spacial score (nSPS) is 26.8. The third-order valence-electron chi connectivity index (χ3n) is 4.97. The van der Waals surface area contributed by atoms with Crippen LogP contribution in [0.4, 0.5) is 0 Å². The quantitative estimate of drug-likeness (QED) is 0.371. The molecule has 1 rings (SSSR count). The molecule has 1 saturated carbocycles. The summed E-state index contributed by atoms with van der Waals surface area (Å²) in [6.45, 7) is 9.47. The van der Waals surface area contributed by atoms with Crippen molar-refractivity contribution in [2.75, 3.05) is 0 Å². The molecule has 0 aromatic rings. The fourth-order valence-electron chi connectivity index (χ4n) is 3.49. The lowest BCUT2D eigenvalue weighted by molar-refractivity contribution is 0.497. The Labute approximate surface area is 116 Å². The number of unbranched alkanes of at least 4 members (excludes halogenated alkanes) is 5. The first-order valence-corrected chi connectivity index (χ1v) is 8.66. The van der Waals surface area contributed by atoms with Gasteiger partial charge < -0.3 is 0 Å². The van der Waals surface area contributed by atoms with E-state index in [-0.39, 0.29) is 0 Å². The highest BCUT2D eigenvalue weighted by Gasteiger charge is 2.44. The van der Waals surface area contributed by atoms with Gasteiger partial charge in [-0.25, -0.2) is 0 Å². The third-order valence-corrected chi connectivity index (χ3v) is 4.97. The van der Waals surface area contributed by atoms with Crippen LogP contribution in [0.3, 0.4) is 0 Å². The van der Waals surface area contributed by atoms with Gasteiger partial charge in [0.25, 0.3) is 0 Å². The van der Waals surface area contributed by atoms with Crippen LogP contribution in [-0.4, -0.2) is 0 Å². The molecule has 108 valence electrons. The maximum absolute atomic E-state index is 2.48. The Bertz CT molecular complexity index is 194. The first-order chi connectivity index (χ1) is 8.66. The van der Waals surface area contributed by atoms with E-state index in [1.54, 1.807) is 0 Å². The summed E-state index contributed by atoms with van der Waals surface area (Å²) in [7, 11) is 0. The van der Waals surface area contributed by atoms with E-state index in [1.807, 2.05) is 0 Å². The summed E-state index contributed by atoms with van der Waals surface area (Å²) in [6, 6.07) is 0. The Hall–Kier alpha value is 0. The van der Waals surface area contributed by atoms with Gasteiger partial charge in [0.05, 0.1) is 0 Å². The Kier molecular flexibility index (Phi) is 8.02. The molecule has 0 heterocycles. The summed E-state index contributed by atoms with van der Waals surface area (Å²) < 4.78 is 0. The minimum absolute atomic E-state index is 0.900. The summed E-state index contributed by atoms with van der Waals surface area (Å²) in [6.07, 6.45) is 14.7. The molecule has 0 N–H and O–H groups in total. The zero-order chi connectivity index (χ0) is 13.4. The molecule has 0 aliphatic heterocycles. The summed E-state index contributed by atoms with van der Waals surface area (Å²) in [4.78, 5) is 0. The van der Waals surface area contributed by atoms with Gasteiger partial charge in [-0.3, -0.25) is 0 Å². The molecule has 0 saturated heterocycles. The third kappa shape index (κ3) is 6.25. The molecule has 18 heavy (non-hydrogen) atoms. The largest absolute Gasteiger partial charge is 0.0654 e. The van der Waals surface area contributed by atoms with Crippen molar-refractivity contribution < 1.29 is 0 Å². The van der Waals surface area contributed by atoms with E-state index >= 15 is 0 Å². The number of hydrogen-bond acceptors (Lipinski definition) is 0. The predicted octanol–water partition coefficient (Wildman–Crippen LogP) is 6.45. The highest BCUT2D eigenvalue weighted by Crippen LogP contribution is 2.51. The molecule has 0 radical (unpaired) electrons. The molecule has 1 fully saturated rings. The van der Waals surface area contributed by atoms with Crippen molar-refractivity contribution in [2.24, 2.45) is 23.7 Å². The second kappa shape index (κ2) is 8.99. The van der Waals surface area contributed by atoms with Crippen molar-refractivity contribution in [1.82, 2.24) is 0 Å². The molecular formula is C18H36. The number of rotatable bonds is 11. The van der Waals surface area contributed by atoms with Crippen LogP contribution < -0.4 is 0 Å². The zero-order valence-electron chi connectivity index (χ0n) is 13.4. The maximum atomic E-state index is 2.48. The molecule has 1 aliphatic carbocycles. The first kappa shape index (κ1) is 16.1. The predicted molar refractivity (Wildman–Crippen MR) is 82.8 cm³/mol. The molecule has 0 amide bonds. The summed E-state index contributed by atoms with van der Waals surface area (Å²) >= 11 is 0. The average molecular weight is 252 g/mol. The van der Waals surface area contributed by atoms with Crippen molar-refractivity contribution in [2.45, 2.75) is 91.9 Å². The van der Waals surface area contributed by atoms with Gasteiger partial charge in [0.2, 0.25) is 0 Å². The summed E-state index contributed by atoms with van der Waals surface area (Å²) in [5.74, 6) is 4.16. The van der Waals surface area contributed by atoms with Crippen molar-refractivity contribution in [1.29, 1.82) is 0 Å². The van der Waals surface area contributed by atoms with Gasteiger partial charge in [0.15, 0.2) is 0 Å². The lowest BCUT2D eigenvalue weighted by atomic mass is 10.0. The van der Waals surface area contributed by atoms with Crippen LogP contribution in [0, 0.1) is 23.7 Å². The lowest BCUT2D eigenvalue weighted by Crippen LogP contribution is -1.88. The van der Waals surface area contributed by atoms with E-state index in [9.17, 15) is 0 Å². The van der Waals surface area contributed by atoms with Crippen LogP contribution >= 0.6 is 0 Å². The van der Waals surface area contributed by atoms with Crippen molar-refractivity contribution in [3.05, 3.63) is 0 Å². The minimum Gasteiger partial charge on any atom is -0.0654 e. The fraction of sp³-hybridized carbons (Fsp3) is 1.00. The van der Waals surface area contributed by atoms with Gasteiger partial charge in [-0.2, -0.15) is 0 Å². The van der Waals surface area contributed by atoms with Gasteiger partial charge in [0.1, 0.15) is 0 Å². The highest BCUT2D eigenvalue weighted by atomic mass is 14.5. The van der Waals surface area contributed by atoms with Gasteiger partial charge in [-0.05, 0) is 36.5 Å². The van der Waals surface area contributed by atoms with E-state index in [1.165, 1.54) is 64.2 Å². The van der Waals surface area contributed by atoms with Crippen LogP contribution in [0.15, 0.2) is 0 Å². The smallest absolute Gasteiger partial charge is 0.0355 e. The molecular weight excluding hydrogens is 216 g/mol. The molecule has 0 nitrogen and oxygen atoms in total. The fourth-order valence-corrected chi connectivity index (χ4v) is 3.49. The van der Waals surface area contributed by atoms with E-state index in [4.69, 9.17) is 0 Å². The van der Waals surface area contributed by atoms with Gasteiger partial charge in [-0.15, -0.1) is 0 Å². The van der Waals surface area contributed by atoms with E-state index in [2.05, 4.69) is 27.7 Å². The zero-order valence-corrected chi connectivity index (χ0v) is 13.4. The average Bonchev–Trinajstić information content (AvgIpc) is 2.94.